The predicted octanol–water partition coefficient (Wildman–Crippen LogP) is 2.76. The lowest BCUT2D eigenvalue weighted by atomic mass is 10.3. The van der Waals surface area contributed by atoms with Gasteiger partial charge in [-0.3, -0.25) is 0 Å². The molecule has 0 spiro atoms. The first-order valence-electron chi connectivity index (χ1n) is 6.60. The van der Waals surface area contributed by atoms with Gasteiger partial charge in [0.15, 0.2) is 9.84 Å². The van der Waals surface area contributed by atoms with E-state index < -0.39 is 15.9 Å². The van der Waals surface area contributed by atoms with E-state index >= 15 is 0 Å². The van der Waals surface area contributed by atoms with E-state index in [2.05, 4.69) is 10.6 Å². The van der Waals surface area contributed by atoms with Crippen LogP contribution in [0.1, 0.15) is 13.3 Å². The summed E-state index contributed by atoms with van der Waals surface area (Å²) in [5.41, 5.74) is 0.632. The zero-order valence-electron chi connectivity index (χ0n) is 11.6. The summed E-state index contributed by atoms with van der Waals surface area (Å²) in [4.78, 5) is 12.9. The summed E-state index contributed by atoms with van der Waals surface area (Å²) in [5.74, 6) is 1.01. The van der Waals surface area contributed by atoms with Crippen molar-refractivity contribution in [3.63, 3.8) is 0 Å². The summed E-state index contributed by atoms with van der Waals surface area (Å²) in [7, 11) is -3.01. The molecule has 1 aromatic rings. The largest absolute Gasteiger partial charge is 0.334 e. The van der Waals surface area contributed by atoms with Gasteiger partial charge in [0.1, 0.15) is 0 Å². The van der Waals surface area contributed by atoms with E-state index in [1.54, 1.807) is 23.9 Å². The van der Waals surface area contributed by atoms with Crippen molar-refractivity contribution in [3.8, 4) is 0 Å². The van der Waals surface area contributed by atoms with Crippen LogP contribution in [0.5, 0.6) is 0 Å². The molecule has 1 saturated heterocycles. The zero-order valence-corrected chi connectivity index (χ0v) is 13.9. The van der Waals surface area contributed by atoms with Crippen molar-refractivity contribution in [2.45, 2.75) is 24.3 Å². The molecule has 5 nitrogen and oxygen atoms in total. The van der Waals surface area contributed by atoms with E-state index in [4.69, 9.17) is 11.6 Å². The summed E-state index contributed by atoms with van der Waals surface area (Å²) in [6.45, 7) is 2.02. The first kappa shape index (κ1) is 16.5. The van der Waals surface area contributed by atoms with Crippen LogP contribution in [0.3, 0.4) is 0 Å². The molecule has 0 aliphatic carbocycles. The SMILES string of the molecule is CCSc1ccc(Cl)cc1NC(=O)N[C@H]1CCS(=O)(=O)C1. The first-order valence-corrected chi connectivity index (χ1v) is 9.78. The van der Waals surface area contributed by atoms with Crippen molar-refractivity contribution >= 4 is 44.9 Å². The van der Waals surface area contributed by atoms with E-state index in [0.717, 1.165) is 10.6 Å². The Morgan fingerprint density at radius 1 is 1.48 bits per heavy atom. The van der Waals surface area contributed by atoms with Crippen molar-refractivity contribution in [2.75, 3.05) is 22.6 Å². The molecule has 2 amide bonds. The summed E-state index contributed by atoms with van der Waals surface area (Å²) in [6.07, 6.45) is 0.460. The first-order chi connectivity index (χ1) is 9.89. The van der Waals surface area contributed by atoms with Crippen molar-refractivity contribution in [2.24, 2.45) is 0 Å². The summed E-state index contributed by atoms with van der Waals surface area (Å²) < 4.78 is 22.7. The number of benzene rings is 1. The highest BCUT2D eigenvalue weighted by Gasteiger charge is 2.28. The van der Waals surface area contributed by atoms with Crippen LogP contribution in [0.2, 0.25) is 5.02 Å². The fourth-order valence-corrected chi connectivity index (χ4v) is 4.72. The molecule has 1 atom stereocenters. The topological polar surface area (TPSA) is 75.3 Å². The summed E-state index contributed by atoms with van der Waals surface area (Å²) >= 11 is 7.55. The van der Waals surface area contributed by atoms with Crippen LogP contribution in [0.4, 0.5) is 10.5 Å². The number of sulfone groups is 1. The number of rotatable bonds is 4. The number of nitrogens with one attached hydrogen (secondary N) is 2. The fraction of sp³-hybridized carbons (Fsp3) is 0.462. The molecule has 0 bridgehead atoms. The lowest BCUT2D eigenvalue weighted by Gasteiger charge is -2.14. The molecule has 21 heavy (non-hydrogen) atoms. The predicted molar refractivity (Wildman–Crippen MR) is 87.1 cm³/mol. The number of anilines is 1. The standard InChI is InChI=1S/C13H17ClN2O3S2/c1-2-20-12-4-3-9(14)7-11(12)16-13(17)15-10-5-6-21(18,19)8-10/h3-4,7,10H,2,5-6,8H2,1H3,(H2,15,16,17)/t10-/m0/s1. The van der Waals surface area contributed by atoms with Gasteiger partial charge in [-0.15, -0.1) is 11.8 Å². The molecule has 1 aliphatic rings. The van der Waals surface area contributed by atoms with Gasteiger partial charge in [-0.05, 0) is 30.4 Å². The maximum Gasteiger partial charge on any atom is 0.319 e. The van der Waals surface area contributed by atoms with Gasteiger partial charge < -0.3 is 10.6 Å². The van der Waals surface area contributed by atoms with Gasteiger partial charge in [-0.2, -0.15) is 0 Å². The molecule has 1 heterocycles. The minimum absolute atomic E-state index is 0.00648. The lowest BCUT2D eigenvalue weighted by Crippen LogP contribution is -2.38. The number of amides is 2. The highest BCUT2D eigenvalue weighted by atomic mass is 35.5. The maximum atomic E-state index is 12.0. The molecule has 8 heteroatoms. The molecule has 0 aromatic heterocycles. The second-order valence-corrected chi connectivity index (χ2v) is 8.74. The Kier molecular flexibility index (Phi) is 5.40. The third kappa shape index (κ3) is 4.79. The van der Waals surface area contributed by atoms with E-state index in [0.29, 0.717) is 17.1 Å². The number of urea groups is 1. The Hall–Kier alpha value is -0.920. The molecule has 1 fully saturated rings. The van der Waals surface area contributed by atoms with E-state index in [9.17, 15) is 13.2 Å². The lowest BCUT2D eigenvalue weighted by molar-refractivity contribution is 0.249. The van der Waals surface area contributed by atoms with Gasteiger partial charge in [0.25, 0.3) is 0 Å². The molecule has 0 radical (unpaired) electrons. The van der Waals surface area contributed by atoms with Crippen LogP contribution in [0, 0.1) is 0 Å². The van der Waals surface area contributed by atoms with Crippen LogP contribution in [0.15, 0.2) is 23.1 Å². The average molecular weight is 349 g/mol. The molecule has 1 aliphatic heterocycles. The van der Waals surface area contributed by atoms with Crippen LogP contribution >= 0.6 is 23.4 Å². The van der Waals surface area contributed by atoms with Gasteiger partial charge in [0, 0.05) is 16.0 Å². The second-order valence-electron chi connectivity index (χ2n) is 4.77. The van der Waals surface area contributed by atoms with Crippen LogP contribution in [-0.4, -0.2) is 37.7 Å². The highest BCUT2D eigenvalue weighted by molar-refractivity contribution is 7.99. The normalized spacial score (nSPS) is 20.2. The number of thioether (sulfide) groups is 1. The average Bonchev–Trinajstić information content (AvgIpc) is 2.72. The smallest absolute Gasteiger partial charge is 0.319 e. The molecule has 0 saturated carbocycles. The summed E-state index contributed by atoms with van der Waals surface area (Å²) in [5, 5.41) is 5.97. The number of hydrogen-bond acceptors (Lipinski definition) is 4. The fourth-order valence-electron chi connectivity index (χ4n) is 2.13. The Bertz CT molecular complexity index is 634. The number of hydrogen-bond donors (Lipinski definition) is 2. The molecule has 2 rings (SSSR count). The van der Waals surface area contributed by atoms with Crippen LogP contribution < -0.4 is 10.6 Å². The molecular weight excluding hydrogens is 332 g/mol. The van der Waals surface area contributed by atoms with Gasteiger partial charge in [-0.25, -0.2) is 13.2 Å². The van der Waals surface area contributed by atoms with E-state index in [1.807, 2.05) is 13.0 Å². The second kappa shape index (κ2) is 6.89. The summed E-state index contributed by atoms with van der Waals surface area (Å²) in [6, 6.07) is 4.58. The van der Waals surface area contributed by atoms with Gasteiger partial charge in [0.2, 0.25) is 0 Å². The molecule has 2 N–H and O–H groups in total. The van der Waals surface area contributed by atoms with Crippen molar-refractivity contribution in [1.82, 2.24) is 5.32 Å². The van der Waals surface area contributed by atoms with Crippen LogP contribution in [-0.2, 0) is 9.84 Å². The molecular formula is C13H17ClN2O3S2. The van der Waals surface area contributed by atoms with Crippen molar-refractivity contribution in [1.29, 1.82) is 0 Å². The Morgan fingerprint density at radius 3 is 2.86 bits per heavy atom. The zero-order chi connectivity index (χ0) is 15.5. The maximum absolute atomic E-state index is 12.0. The minimum atomic E-state index is -3.01. The quantitative estimate of drug-likeness (QED) is 0.820. The van der Waals surface area contributed by atoms with Crippen molar-refractivity contribution in [3.05, 3.63) is 23.2 Å². The Morgan fingerprint density at radius 2 is 2.24 bits per heavy atom. The molecule has 0 unspecified atom stereocenters. The Labute approximate surface area is 133 Å². The van der Waals surface area contributed by atoms with E-state index in [-0.39, 0.29) is 17.5 Å². The minimum Gasteiger partial charge on any atom is -0.334 e. The van der Waals surface area contributed by atoms with E-state index in [1.165, 1.54) is 0 Å². The third-order valence-electron chi connectivity index (χ3n) is 3.06. The molecule has 1 aromatic carbocycles. The van der Waals surface area contributed by atoms with Gasteiger partial charge >= 0.3 is 6.03 Å². The molecule has 116 valence electrons. The number of carbonyl (C=O) groups excluding carboxylic acids is 1. The number of carbonyl (C=O) groups is 1. The Balaban J connectivity index is 2.01. The van der Waals surface area contributed by atoms with Gasteiger partial charge in [-0.1, -0.05) is 18.5 Å². The van der Waals surface area contributed by atoms with Gasteiger partial charge in [0.05, 0.1) is 17.2 Å². The van der Waals surface area contributed by atoms with Crippen molar-refractivity contribution < 1.29 is 13.2 Å². The monoisotopic (exact) mass is 348 g/mol. The number of halogens is 1. The third-order valence-corrected chi connectivity index (χ3v) is 6.02. The van der Waals surface area contributed by atoms with Crippen LogP contribution in [0.25, 0.3) is 0 Å². The highest BCUT2D eigenvalue weighted by Crippen LogP contribution is 2.29.